The van der Waals surface area contributed by atoms with E-state index in [1.807, 2.05) is 0 Å². The molecule has 8 heteroatoms. The Kier molecular flexibility index (Phi) is 40.6. The van der Waals surface area contributed by atoms with Crippen LogP contribution in [0.25, 0.3) is 0 Å². The molecule has 134 valence electrons. The molecule has 0 aromatic heterocycles. The Morgan fingerprint density at radius 2 is 1.45 bits per heavy atom. The predicted octanol–water partition coefficient (Wildman–Crippen LogP) is 2.43. The molecule has 3 N–H and O–H groups in total. The van der Waals surface area contributed by atoms with E-state index in [9.17, 15) is 9.46 Å². The summed E-state index contributed by atoms with van der Waals surface area (Å²) in [6, 6.07) is 0. The molecule has 0 rings (SSSR count). The Balaban J connectivity index is -0.0000000563. The van der Waals surface area contributed by atoms with Crippen molar-refractivity contribution < 1.29 is 23.0 Å². The van der Waals surface area contributed by atoms with E-state index < -0.39 is 7.82 Å². The number of nitrogens with one attached hydrogen (secondary N) is 1. The van der Waals surface area contributed by atoms with Crippen LogP contribution in [0, 0.1) is 0 Å². The summed E-state index contributed by atoms with van der Waals surface area (Å²) >= 11 is 0. The molecule has 0 bridgehead atoms. The Morgan fingerprint density at radius 1 is 1.05 bits per heavy atom. The van der Waals surface area contributed by atoms with E-state index in [2.05, 4.69) is 14.4 Å². The van der Waals surface area contributed by atoms with Crippen LogP contribution in [0.3, 0.4) is 0 Å². The smallest absolute Gasteiger partial charge is 0.273 e. The van der Waals surface area contributed by atoms with Gasteiger partial charge >= 0.3 is 0 Å². The Labute approximate surface area is 128 Å². The van der Waals surface area contributed by atoms with Gasteiger partial charge in [0.25, 0.3) is 7.82 Å². The Bertz CT molecular complexity index is 211. The van der Waals surface area contributed by atoms with Crippen LogP contribution in [0.2, 0.25) is 0 Å². The minimum absolute atomic E-state index is 0. The number of rotatable bonds is 7. The third-order valence-electron chi connectivity index (χ3n) is 1.07. The normalized spacial score (nSPS) is 11.7. The van der Waals surface area contributed by atoms with Gasteiger partial charge in [-0.2, -0.15) is 0 Å². The molecule has 0 aromatic carbocycles. The molecule has 0 aliphatic carbocycles. The predicted molar refractivity (Wildman–Crippen MR) is 90.1 cm³/mol. The molecular weight excluding hydrogens is 281 g/mol. The second-order valence-electron chi connectivity index (χ2n) is 3.72. The van der Waals surface area contributed by atoms with Crippen LogP contribution in [-0.4, -0.2) is 45.8 Å². The highest BCUT2D eigenvalue weighted by atomic mass is 31.2. The van der Waals surface area contributed by atoms with Crippen molar-refractivity contribution in [3.8, 4) is 0 Å². The summed E-state index contributed by atoms with van der Waals surface area (Å²) in [5.41, 5.74) is 5.07. The second kappa shape index (κ2) is 19.0. The molecule has 1 unspecified atom stereocenters. The van der Waals surface area contributed by atoms with Gasteiger partial charge in [-0.05, 0) is 0 Å². The fraction of sp³-hybridized carbons (Fsp3) is 1.00. The molecule has 0 aliphatic rings. The zero-order valence-corrected chi connectivity index (χ0v) is 9.62. The number of hydrogen-bond donors (Lipinski definition) is 2. The highest BCUT2D eigenvalue weighted by Gasteiger charge is 2.14. The van der Waals surface area contributed by atoms with Crippen molar-refractivity contribution in [3.63, 3.8) is 0 Å². The van der Waals surface area contributed by atoms with E-state index in [0.717, 1.165) is 0 Å². The minimum atomic E-state index is -4.20. The third-order valence-corrected chi connectivity index (χ3v) is 1.95. The molecule has 7 nitrogen and oxygen atoms in total. The first kappa shape index (κ1) is 42.7. The zero-order valence-electron chi connectivity index (χ0n) is 8.73. The standard InChI is InChI=1S/C6H18N3O4P.6CH4/c1-9(2,3)6-13-14(10,11)12-5-8-4-7;;;;;;/h8H,4-7H2,1-3H3;6*1H4. The van der Waals surface area contributed by atoms with Crippen LogP contribution in [0.1, 0.15) is 44.6 Å². The number of phosphoric acid groups is 1. The van der Waals surface area contributed by atoms with Gasteiger partial charge in [-0.3, -0.25) is 14.4 Å². The van der Waals surface area contributed by atoms with Crippen LogP contribution in [0.15, 0.2) is 0 Å². The largest absolute Gasteiger partial charge is 0.756 e. The minimum Gasteiger partial charge on any atom is -0.756 e. The number of hydrogen-bond acceptors (Lipinski definition) is 6. The molecule has 0 saturated heterocycles. The summed E-state index contributed by atoms with van der Waals surface area (Å²) in [6.45, 7) is 0.00710. The first-order chi connectivity index (χ1) is 6.27. The van der Waals surface area contributed by atoms with E-state index >= 15 is 0 Å². The fourth-order valence-electron chi connectivity index (χ4n) is 0.465. The summed E-state index contributed by atoms with van der Waals surface area (Å²) in [5, 5.41) is 2.50. The van der Waals surface area contributed by atoms with Gasteiger partial charge in [-0.1, -0.05) is 44.6 Å². The zero-order chi connectivity index (χ0) is 11.2. The van der Waals surface area contributed by atoms with Crippen molar-refractivity contribution in [2.75, 3.05) is 41.3 Å². The number of nitrogens with two attached hydrogens (primary N) is 1. The van der Waals surface area contributed by atoms with Gasteiger partial charge in [0, 0.05) is 6.67 Å². The van der Waals surface area contributed by atoms with E-state index in [4.69, 9.17) is 5.73 Å². The first-order valence-electron chi connectivity index (χ1n) is 4.08. The average molecular weight is 323 g/mol. The van der Waals surface area contributed by atoms with Gasteiger partial charge in [-0.15, -0.1) is 0 Å². The summed E-state index contributed by atoms with van der Waals surface area (Å²) in [7, 11) is 1.21. The van der Waals surface area contributed by atoms with E-state index in [0.29, 0.717) is 4.48 Å². The van der Waals surface area contributed by atoms with Crippen molar-refractivity contribution in [1.29, 1.82) is 0 Å². The first-order valence-corrected chi connectivity index (χ1v) is 5.54. The molecule has 0 aliphatic heterocycles. The SMILES string of the molecule is C.C.C.C.C.C.C[N+](C)(C)COP(=O)([O-])OCNCN. The molecule has 0 spiro atoms. The van der Waals surface area contributed by atoms with Crippen molar-refractivity contribution >= 4 is 7.82 Å². The number of nitrogens with zero attached hydrogens (tertiary/aromatic N) is 1. The second-order valence-corrected chi connectivity index (χ2v) is 5.13. The molecule has 1 atom stereocenters. The topological polar surface area (TPSA) is 96.6 Å². The van der Waals surface area contributed by atoms with Crippen LogP contribution in [-0.2, 0) is 13.6 Å². The van der Waals surface area contributed by atoms with Crippen molar-refractivity contribution in [2.45, 2.75) is 44.6 Å². The molecule has 0 heterocycles. The summed E-state index contributed by atoms with van der Waals surface area (Å²) in [6.07, 6.45) is 0. The highest BCUT2D eigenvalue weighted by Crippen LogP contribution is 2.37. The lowest BCUT2D eigenvalue weighted by Crippen LogP contribution is -2.37. The molecule has 0 radical (unpaired) electrons. The van der Waals surface area contributed by atoms with Crippen molar-refractivity contribution in [2.24, 2.45) is 5.73 Å². The number of quaternary nitrogens is 1. The summed E-state index contributed by atoms with van der Waals surface area (Å²) in [5.74, 6) is 0. The van der Waals surface area contributed by atoms with Gasteiger partial charge in [0.1, 0.15) is 6.73 Å². The average Bonchev–Trinajstić information content (AvgIpc) is 2.00. The molecule has 0 saturated carbocycles. The lowest BCUT2D eigenvalue weighted by molar-refractivity contribution is -0.887. The van der Waals surface area contributed by atoms with Gasteiger partial charge in [0.05, 0.1) is 21.1 Å². The Hall–Kier alpha value is -0.0100. The van der Waals surface area contributed by atoms with Gasteiger partial charge in [0.2, 0.25) is 0 Å². The molecule has 0 aromatic rings. The van der Waals surface area contributed by atoms with Gasteiger partial charge in [0.15, 0.2) is 6.73 Å². The fourth-order valence-corrected chi connectivity index (χ4v) is 1.28. The lowest BCUT2D eigenvalue weighted by Gasteiger charge is -2.28. The van der Waals surface area contributed by atoms with Crippen LogP contribution < -0.4 is 15.9 Å². The molecular formula is C12H42N3O4P. The molecule has 0 amide bonds. The quantitative estimate of drug-likeness (QED) is 0.323. The van der Waals surface area contributed by atoms with Crippen molar-refractivity contribution in [1.82, 2.24) is 5.32 Å². The maximum atomic E-state index is 11.0. The van der Waals surface area contributed by atoms with Crippen molar-refractivity contribution in [3.05, 3.63) is 0 Å². The van der Waals surface area contributed by atoms with E-state index in [-0.39, 0.29) is 64.7 Å². The van der Waals surface area contributed by atoms with Gasteiger partial charge in [-0.25, -0.2) is 0 Å². The molecule has 0 fully saturated rings. The monoisotopic (exact) mass is 323 g/mol. The van der Waals surface area contributed by atoms with Crippen LogP contribution >= 0.6 is 7.82 Å². The molecule has 20 heavy (non-hydrogen) atoms. The van der Waals surface area contributed by atoms with Gasteiger partial charge < -0.3 is 19.6 Å². The van der Waals surface area contributed by atoms with Crippen LogP contribution in [0.5, 0.6) is 0 Å². The summed E-state index contributed by atoms with van der Waals surface area (Å²) in [4.78, 5) is 11.0. The Morgan fingerprint density at radius 3 is 1.75 bits per heavy atom. The highest BCUT2D eigenvalue weighted by molar-refractivity contribution is 7.45. The van der Waals surface area contributed by atoms with E-state index in [1.54, 1.807) is 21.1 Å². The van der Waals surface area contributed by atoms with E-state index in [1.165, 1.54) is 0 Å². The maximum Gasteiger partial charge on any atom is 0.273 e. The number of phosphoric ester groups is 1. The maximum absolute atomic E-state index is 11.0. The summed E-state index contributed by atoms with van der Waals surface area (Å²) < 4.78 is 20.5. The van der Waals surface area contributed by atoms with Crippen LogP contribution in [0.4, 0.5) is 0 Å². The third kappa shape index (κ3) is 30.8. The lowest BCUT2D eigenvalue weighted by atomic mass is 10.7.